The number of nitrogens with one attached hydrogen (secondary N) is 1. The molecule has 0 aromatic heterocycles. The summed E-state index contributed by atoms with van der Waals surface area (Å²) in [7, 11) is 1.64. The predicted molar refractivity (Wildman–Crippen MR) is 118 cm³/mol. The monoisotopic (exact) mass is 480 g/mol. The van der Waals surface area contributed by atoms with Crippen molar-refractivity contribution in [1.29, 1.82) is 0 Å². The highest BCUT2D eigenvalue weighted by atomic mass is 127. The van der Waals surface area contributed by atoms with E-state index in [9.17, 15) is 4.79 Å². The van der Waals surface area contributed by atoms with Gasteiger partial charge in [0.1, 0.15) is 6.54 Å². The Hall–Kier alpha value is -2.13. The molecule has 1 aliphatic heterocycles. The Labute approximate surface area is 176 Å². The molecule has 3 rings (SSSR count). The summed E-state index contributed by atoms with van der Waals surface area (Å²) < 4.78 is 5.17. The average molecular weight is 480 g/mol. The fraction of sp³-hybridized carbons (Fsp3) is 0.300. The lowest BCUT2D eigenvalue weighted by Crippen LogP contribution is -2.38. The molecule has 1 heterocycles. The number of rotatable bonds is 5. The van der Waals surface area contributed by atoms with E-state index >= 15 is 0 Å². The van der Waals surface area contributed by atoms with Gasteiger partial charge in [-0.25, -0.2) is 4.99 Å². The topological polar surface area (TPSA) is 80.0 Å². The molecule has 0 aliphatic carbocycles. The Bertz CT molecular complexity index is 810. The number of hydrogen-bond acceptors (Lipinski definition) is 3. The fourth-order valence-electron chi connectivity index (χ4n) is 3.06. The second kappa shape index (κ2) is 10.3. The number of amides is 1. The number of carbonyl (C=O) groups is 1. The molecule has 3 N–H and O–H groups in total. The maximum atomic E-state index is 12.4. The van der Waals surface area contributed by atoms with Gasteiger partial charge in [0.25, 0.3) is 0 Å². The number of methoxy groups -OCH3 is 1. The molecule has 144 valence electrons. The first-order valence-electron chi connectivity index (χ1n) is 8.65. The molecule has 1 amide bonds. The molecule has 7 heteroatoms. The number of aliphatic imine (C=N–C) groups is 1. The Morgan fingerprint density at radius 1 is 1.19 bits per heavy atom. The van der Waals surface area contributed by atoms with E-state index in [1.54, 1.807) is 7.11 Å². The summed E-state index contributed by atoms with van der Waals surface area (Å²) in [6.45, 7) is 1.86. The molecular formula is C20H25IN4O2. The molecule has 0 saturated heterocycles. The number of ether oxygens (including phenoxy) is 1. The van der Waals surface area contributed by atoms with Gasteiger partial charge in [0.15, 0.2) is 5.96 Å². The van der Waals surface area contributed by atoms with E-state index in [0.717, 1.165) is 24.2 Å². The lowest BCUT2D eigenvalue weighted by Gasteiger charge is -2.28. The molecule has 6 nitrogen and oxygen atoms in total. The average Bonchev–Trinajstić information content (AvgIpc) is 2.67. The molecule has 0 atom stereocenters. The smallest absolute Gasteiger partial charge is 0.244 e. The highest BCUT2D eigenvalue weighted by Crippen LogP contribution is 2.18. The number of carbonyl (C=O) groups excluding carboxylic acids is 1. The Kier molecular flexibility index (Phi) is 8.05. The third-order valence-electron chi connectivity index (χ3n) is 4.45. The van der Waals surface area contributed by atoms with Gasteiger partial charge in [0.2, 0.25) is 5.91 Å². The van der Waals surface area contributed by atoms with Crippen molar-refractivity contribution in [2.24, 2.45) is 10.7 Å². The molecule has 2 aromatic rings. The normalized spacial score (nSPS) is 13.5. The summed E-state index contributed by atoms with van der Waals surface area (Å²) in [4.78, 5) is 18.5. The highest BCUT2D eigenvalue weighted by Gasteiger charge is 2.19. The van der Waals surface area contributed by atoms with E-state index < -0.39 is 0 Å². The van der Waals surface area contributed by atoms with Crippen LogP contribution in [0.2, 0.25) is 0 Å². The molecule has 0 unspecified atom stereocenters. The molecule has 0 bridgehead atoms. The van der Waals surface area contributed by atoms with Crippen molar-refractivity contribution >= 4 is 41.5 Å². The van der Waals surface area contributed by atoms with Gasteiger partial charge < -0.3 is 20.7 Å². The van der Waals surface area contributed by atoms with Crippen LogP contribution in [-0.4, -0.2) is 37.0 Å². The lowest BCUT2D eigenvalue weighted by molar-refractivity contribution is -0.130. The lowest BCUT2D eigenvalue weighted by atomic mass is 10.00. The number of para-hydroxylation sites is 1. The first-order valence-corrected chi connectivity index (χ1v) is 8.65. The van der Waals surface area contributed by atoms with Crippen LogP contribution in [0.25, 0.3) is 0 Å². The van der Waals surface area contributed by atoms with E-state index in [1.165, 1.54) is 11.1 Å². The van der Waals surface area contributed by atoms with Gasteiger partial charge >= 0.3 is 0 Å². The highest BCUT2D eigenvalue weighted by molar-refractivity contribution is 14.0. The standard InChI is InChI=1S/C20H24N4O2.HI/c1-26-14-17-8-4-5-9-18(17)23-20(21)22-12-19(25)24-11-10-15-6-2-3-7-16(15)13-24;/h2-9H,10-14H2,1H3,(H3,21,22,23);1H. The molecular weight excluding hydrogens is 455 g/mol. The third kappa shape index (κ3) is 5.67. The van der Waals surface area contributed by atoms with Crippen LogP contribution in [0.3, 0.4) is 0 Å². The number of hydrogen-bond donors (Lipinski definition) is 2. The molecule has 0 radical (unpaired) electrons. The van der Waals surface area contributed by atoms with Crippen molar-refractivity contribution in [2.75, 3.05) is 25.5 Å². The van der Waals surface area contributed by atoms with Crippen molar-refractivity contribution in [3.05, 3.63) is 65.2 Å². The van der Waals surface area contributed by atoms with E-state index in [0.29, 0.717) is 13.2 Å². The minimum Gasteiger partial charge on any atom is -0.380 e. The number of halogens is 1. The minimum absolute atomic E-state index is 0. The quantitative estimate of drug-likeness (QED) is 0.392. The fourth-order valence-corrected chi connectivity index (χ4v) is 3.06. The molecule has 2 aromatic carbocycles. The number of guanidine groups is 1. The zero-order valence-electron chi connectivity index (χ0n) is 15.4. The van der Waals surface area contributed by atoms with Crippen LogP contribution in [0, 0.1) is 0 Å². The van der Waals surface area contributed by atoms with Gasteiger partial charge in [-0.2, -0.15) is 0 Å². The summed E-state index contributed by atoms with van der Waals surface area (Å²) in [5.41, 5.74) is 10.3. The summed E-state index contributed by atoms with van der Waals surface area (Å²) in [6, 6.07) is 15.9. The van der Waals surface area contributed by atoms with Crippen LogP contribution >= 0.6 is 24.0 Å². The number of benzene rings is 2. The largest absolute Gasteiger partial charge is 0.380 e. The van der Waals surface area contributed by atoms with Crippen LogP contribution in [0.4, 0.5) is 5.69 Å². The summed E-state index contributed by atoms with van der Waals surface area (Å²) >= 11 is 0. The maximum Gasteiger partial charge on any atom is 0.244 e. The minimum atomic E-state index is -0.0190. The first kappa shape index (κ1) is 21.2. The van der Waals surface area contributed by atoms with Crippen molar-refractivity contribution < 1.29 is 9.53 Å². The Morgan fingerprint density at radius 2 is 1.89 bits per heavy atom. The van der Waals surface area contributed by atoms with Crippen molar-refractivity contribution in [2.45, 2.75) is 19.6 Å². The van der Waals surface area contributed by atoms with Crippen molar-refractivity contribution in [3.8, 4) is 0 Å². The van der Waals surface area contributed by atoms with E-state index in [4.69, 9.17) is 10.5 Å². The van der Waals surface area contributed by atoms with Crippen molar-refractivity contribution in [1.82, 2.24) is 4.90 Å². The molecule has 0 fully saturated rings. The predicted octanol–water partition coefficient (Wildman–Crippen LogP) is 2.76. The van der Waals surface area contributed by atoms with Gasteiger partial charge in [-0.1, -0.05) is 42.5 Å². The summed E-state index contributed by atoms with van der Waals surface area (Å²) in [6.07, 6.45) is 0.879. The zero-order chi connectivity index (χ0) is 18.4. The van der Waals surface area contributed by atoms with E-state index in [-0.39, 0.29) is 42.4 Å². The van der Waals surface area contributed by atoms with Crippen LogP contribution in [-0.2, 0) is 29.1 Å². The van der Waals surface area contributed by atoms with Gasteiger partial charge in [0.05, 0.1) is 6.61 Å². The molecule has 27 heavy (non-hydrogen) atoms. The van der Waals surface area contributed by atoms with Crippen LogP contribution in [0.15, 0.2) is 53.5 Å². The maximum absolute atomic E-state index is 12.4. The summed E-state index contributed by atoms with van der Waals surface area (Å²) in [5.74, 6) is 0.203. The van der Waals surface area contributed by atoms with Crippen LogP contribution < -0.4 is 11.1 Å². The SMILES string of the molecule is COCc1ccccc1NC(N)=NCC(=O)N1CCc2ccccc2C1.I. The third-order valence-corrected chi connectivity index (χ3v) is 4.45. The number of fused-ring (bicyclic) bond motifs is 1. The van der Waals surface area contributed by atoms with Gasteiger partial charge in [0, 0.05) is 31.5 Å². The number of anilines is 1. The van der Waals surface area contributed by atoms with Crippen LogP contribution in [0.5, 0.6) is 0 Å². The van der Waals surface area contributed by atoms with Gasteiger partial charge in [-0.15, -0.1) is 24.0 Å². The van der Waals surface area contributed by atoms with Crippen LogP contribution in [0.1, 0.15) is 16.7 Å². The molecule has 1 aliphatic rings. The Balaban J connectivity index is 0.00000261. The molecule has 0 saturated carbocycles. The Morgan fingerprint density at radius 3 is 2.67 bits per heavy atom. The number of nitrogens with two attached hydrogens (primary N) is 1. The first-order chi connectivity index (χ1) is 12.7. The van der Waals surface area contributed by atoms with E-state index in [1.807, 2.05) is 41.3 Å². The molecule has 0 spiro atoms. The van der Waals surface area contributed by atoms with Gasteiger partial charge in [-0.05, 0) is 23.6 Å². The second-order valence-electron chi connectivity index (χ2n) is 6.25. The van der Waals surface area contributed by atoms with E-state index in [2.05, 4.69) is 22.4 Å². The second-order valence-corrected chi connectivity index (χ2v) is 6.25. The number of nitrogens with zero attached hydrogens (tertiary/aromatic N) is 2. The van der Waals surface area contributed by atoms with Crippen molar-refractivity contribution in [3.63, 3.8) is 0 Å². The van der Waals surface area contributed by atoms with Gasteiger partial charge in [-0.3, -0.25) is 4.79 Å². The zero-order valence-corrected chi connectivity index (χ0v) is 17.7. The summed E-state index contributed by atoms with van der Waals surface area (Å²) in [5, 5.41) is 3.05.